The first kappa shape index (κ1) is 12.4. The summed E-state index contributed by atoms with van der Waals surface area (Å²) in [6, 6.07) is 3.91. The fourth-order valence-corrected chi connectivity index (χ4v) is 4.44. The average Bonchev–Trinajstić information content (AvgIpc) is 2.94. The molecule has 3 rings (SSSR count). The number of nitrogens with one attached hydrogen (secondary N) is 1. The Kier molecular flexibility index (Phi) is 2.94. The van der Waals surface area contributed by atoms with E-state index in [9.17, 15) is 13.7 Å². The highest BCUT2D eigenvalue weighted by molar-refractivity contribution is 7.91. The van der Waals surface area contributed by atoms with Crippen LogP contribution in [0.5, 0.6) is 0 Å². The number of hydrogen-bond donors (Lipinski definition) is 1. The second kappa shape index (κ2) is 4.49. The lowest BCUT2D eigenvalue weighted by Gasteiger charge is -2.14. The molecule has 1 N–H and O–H groups in total. The molecule has 2 aliphatic rings. The molecule has 1 aliphatic heterocycles. The molecule has 100 valence electrons. The van der Waals surface area contributed by atoms with Crippen molar-refractivity contribution in [2.75, 3.05) is 16.8 Å². The Morgan fingerprint density at radius 3 is 2.95 bits per heavy atom. The fraction of sp³-hybridized carbons (Fsp3) is 0.538. The largest absolute Gasteiger partial charge is 0.365 e. The molecule has 0 radical (unpaired) electrons. The molecule has 0 amide bonds. The number of sulfone groups is 1. The first-order chi connectivity index (χ1) is 9.07. The lowest BCUT2D eigenvalue weighted by molar-refractivity contribution is 0.602. The second-order valence-electron chi connectivity index (χ2n) is 5.20. The van der Waals surface area contributed by atoms with Crippen LogP contribution in [0.2, 0.25) is 0 Å². The average molecular weight is 277 g/mol. The molecule has 0 saturated carbocycles. The van der Waals surface area contributed by atoms with E-state index in [-0.39, 0.29) is 17.5 Å². The summed E-state index contributed by atoms with van der Waals surface area (Å²) >= 11 is 0. The number of rotatable bonds is 2. The molecule has 1 unspecified atom stereocenters. The minimum atomic E-state index is -2.92. The first-order valence-electron chi connectivity index (χ1n) is 6.47. The SMILES string of the molecule is N#Cc1cc2c(nc1NC1CCS(=O)(=O)C1)CCC2. The number of fused-ring (bicyclic) bond motifs is 1. The number of aryl methyl sites for hydroxylation is 2. The van der Waals surface area contributed by atoms with Crippen molar-refractivity contribution < 1.29 is 8.42 Å². The van der Waals surface area contributed by atoms with Crippen LogP contribution in [-0.4, -0.2) is 30.9 Å². The van der Waals surface area contributed by atoms with Gasteiger partial charge in [-0.05, 0) is 37.3 Å². The van der Waals surface area contributed by atoms with Crippen molar-refractivity contribution in [3.8, 4) is 6.07 Å². The van der Waals surface area contributed by atoms with E-state index >= 15 is 0 Å². The van der Waals surface area contributed by atoms with Crippen molar-refractivity contribution in [1.29, 1.82) is 5.26 Å². The third kappa shape index (κ3) is 2.43. The fourth-order valence-electron chi connectivity index (χ4n) is 2.77. The van der Waals surface area contributed by atoms with Gasteiger partial charge in [-0.25, -0.2) is 13.4 Å². The third-order valence-corrected chi connectivity index (χ3v) is 5.51. The molecule has 0 bridgehead atoms. The van der Waals surface area contributed by atoms with Gasteiger partial charge in [-0.1, -0.05) is 0 Å². The molecule has 19 heavy (non-hydrogen) atoms. The van der Waals surface area contributed by atoms with Crippen molar-refractivity contribution in [3.63, 3.8) is 0 Å². The van der Waals surface area contributed by atoms with E-state index in [4.69, 9.17) is 0 Å². The van der Waals surface area contributed by atoms with Crippen LogP contribution in [-0.2, 0) is 22.7 Å². The summed E-state index contributed by atoms with van der Waals surface area (Å²) in [7, 11) is -2.92. The van der Waals surface area contributed by atoms with Crippen LogP contribution < -0.4 is 5.32 Å². The maximum absolute atomic E-state index is 11.4. The van der Waals surface area contributed by atoms with Gasteiger partial charge in [0.1, 0.15) is 11.9 Å². The zero-order chi connectivity index (χ0) is 13.5. The molecular formula is C13H15N3O2S. The van der Waals surface area contributed by atoms with Gasteiger partial charge >= 0.3 is 0 Å². The van der Waals surface area contributed by atoms with Gasteiger partial charge < -0.3 is 5.32 Å². The maximum atomic E-state index is 11.4. The van der Waals surface area contributed by atoms with Gasteiger partial charge in [0.2, 0.25) is 0 Å². The molecule has 1 fully saturated rings. The van der Waals surface area contributed by atoms with Gasteiger partial charge in [0.25, 0.3) is 0 Å². The van der Waals surface area contributed by atoms with E-state index in [1.165, 1.54) is 0 Å². The first-order valence-corrected chi connectivity index (χ1v) is 8.29. The summed E-state index contributed by atoms with van der Waals surface area (Å²) in [4.78, 5) is 4.51. The Labute approximate surface area is 112 Å². The lowest BCUT2D eigenvalue weighted by Crippen LogP contribution is -2.22. The Morgan fingerprint density at radius 1 is 1.42 bits per heavy atom. The number of nitrogens with zero attached hydrogens (tertiary/aromatic N) is 2. The number of nitriles is 1. The Bertz CT molecular complexity index is 661. The van der Waals surface area contributed by atoms with Crippen molar-refractivity contribution in [3.05, 3.63) is 22.9 Å². The number of hydrogen-bond acceptors (Lipinski definition) is 5. The molecule has 5 nitrogen and oxygen atoms in total. The predicted octanol–water partition coefficient (Wildman–Crippen LogP) is 1.04. The normalized spacial score (nSPS) is 23.8. The highest BCUT2D eigenvalue weighted by Crippen LogP contribution is 2.26. The number of aromatic nitrogens is 1. The smallest absolute Gasteiger partial charge is 0.152 e. The van der Waals surface area contributed by atoms with Crippen molar-refractivity contribution >= 4 is 15.7 Å². The van der Waals surface area contributed by atoms with Crippen LogP contribution in [0.15, 0.2) is 6.07 Å². The van der Waals surface area contributed by atoms with Crippen molar-refractivity contribution in [1.82, 2.24) is 4.98 Å². The van der Waals surface area contributed by atoms with Crippen LogP contribution in [0.3, 0.4) is 0 Å². The summed E-state index contributed by atoms with van der Waals surface area (Å²) in [6.07, 6.45) is 3.59. The van der Waals surface area contributed by atoms with E-state index in [0.717, 1.165) is 30.5 Å². The Hall–Kier alpha value is -1.61. The van der Waals surface area contributed by atoms with Gasteiger partial charge in [-0.2, -0.15) is 5.26 Å². The zero-order valence-electron chi connectivity index (χ0n) is 10.5. The number of anilines is 1. The molecule has 1 atom stereocenters. The van der Waals surface area contributed by atoms with Crippen LogP contribution in [0.4, 0.5) is 5.82 Å². The summed E-state index contributed by atoms with van der Waals surface area (Å²) in [5.41, 5.74) is 2.72. The molecule has 0 spiro atoms. The summed E-state index contributed by atoms with van der Waals surface area (Å²) in [5.74, 6) is 0.902. The molecule has 1 aromatic heterocycles. The summed E-state index contributed by atoms with van der Waals surface area (Å²) in [5, 5.41) is 12.3. The van der Waals surface area contributed by atoms with E-state index in [0.29, 0.717) is 17.8 Å². The predicted molar refractivity (Wildman–Crippen MR) is 71.7 cm³/mol. The third-order valence-electron chi connectivity index (χ3n) is 3.74. The monoisotopic (exact) mass is 277 g/mol. The van der Waals surface area contributed by atoms with E-state index < -0.39 is 9.84 Å². The van der Waals surface area contributed by atoms with Gasteiger partial charge in [-0.3, -0.25) is 0 Å². The van der Waals surface area contributed by atoms with Gasteiger partial charge in [-0.15, -0.1) is 0 Å². The highest BCUT2D eigenvalue weighted by atomic mass is 32.2. The molecule has 2 heterocycles. The van der Waals surface area contributed by atoms with Gasteiger partial charge in [0.05, 0.1) is 17.1 Å². The summed E-state index contributed by atoms with van der Waals surface area (Å²) in [6.45, 7) is 0. The van der Waals surface area contributed by atoms with Gasteiger partial charge in [0, 0.05) is 11.7 Å². The Morgan fingerprint density at radius 2 is 2.26 bits per heavy atom. The van der Waals surface area contributed by atoms with Crippen LogP contribution in [0.25, 0.3) is 0 Å². The number of pyridine rings is 1. The minimum absolute atomic E-state index is 0.121. The topological polar surface area (TPSA) is 82.8 Å². The lowest BCUT2D eigenvalue weighted by atomic mass is 10.1. The second-order valence-corrected chi connectivity index (χ2v) is 7.43. The van der Waals surface area contributed by atoms with Crippen molar-refractivity contribution in [2.45, 2.75) is 31.7 Å². The molecule has 1 saturated heterocycles. The molecular weight excluding hydrogens is 262 g/mol. The van der Waals surface area contributed by atoms with Crippen LogP contribution in [0, 0.1) is 11.3 Å². The highest BCUT2D eigenvalue weighted by Gasteiger charge is 2.29. The maximum Gasteiger partial charge on any atom is 0.152 e. The van der Waals surface area contributed by atoms with Crippen LogP contribution in [0.1, 0.15) is 29.7 Å². The molecule has 1 aliphatic carbocycles. The van der Waals surface area contributed by atoms with Gasteiger partial charge in [0.15, 0.2) is 9.84 Å². The van der Waals surface area contributed by atoms with Crippen LogP contribution >= 0.6 is 0 Å². The molecule has 1 aromatic rings. The van der Waals surface area contributed by atoms with Crippen molar-refractivity contribution in [2.24, 2.45) is 0 Å². The zero-order valence-corrected chi connectivity index (χ0v) is 11.3. The molecule has 6 heteroatoms. The van der Waals surface area contributed by atoms with E-state index in [1.54, 1.807) is 0 Å². The molecule has 0 aromatic carbocycles. The standard InChI is InChI=1S/C13H15N3O2S/c14-7-10-6-9-2-1-3-12(9)16-13(10)15-11-4-5-19(17,18)8-11/h6,11H,1-5,8H2,(H,15,16). The Balaban J connectivity index is 1.87. The quantitative estimate of drug-likeness (QED) is 0.873. The summed E-state index contributed by atoms with van der Waals surface area (Å²) < 4.78 is 22.9. The minimum Gasteiger partial charge on any atom is -0.365 e. The van der Waals surface area contributed by atoms with E-state index in [2.05, 4.69) is 16.4 Å². The van der Waals surface area contributed by atoms with E-state index in [1.807, 2.05) is 6.07 Å².